The van der Waals surface area contributed by atoms with Crippen molar-refractivity contribution >= 4 is 5.95 Å². The number of anilines is 1. The van der Waals surface area contributed by atoms with Gasteiger partial charge in [-0.05, 0) is 17.7 Å². The second-order valence-electron chi connectivity index (χ2n) is 5.08. The third-order valence-electron chi connectivity index (χ3n) is 3.03. The van der Waals surface area contributed by atoms with Gasteiger partial charge in [0.1, 0.15) is 5.69 Å². The summed E-state index contributed by atoms with van der Waals surface area (Å²) >= 11 is 0. The normalized spacial score (nSPS) is 11.7. The molecule has 0 aromatic carbocycles. The van der Waals surface area contributed by atoms with Crippen molar-refractivity contribution in [2.24, 2.45) is 0 Å². The molecule has 0 amide bonds. The fraction of sp³-hybridized carbons (Fsp3) is 0.357. The molecule has 0 radical (unpaired) electrons. The Labute approximate surface area is 116 Å². The lowest BCUT2D eigenvalue weighted by atomic mass is 9.86. The van der Waals surface area contributed by atoms with E-state index in [-0.39, 0.29) is 17.1 Å². The van der Waals surface area contributed by atoms with Crippen LogP contribution >= 0.6 is 0 Å². The molecule has 0 fully saturated rings. The summed E-state index contributed by atoms with van der Waals surface area (Å²) in [6.45, 7) is 4.59. The van der Waals surface area contributed by atoms with Crippen LogP contribution in [-0.2, 0) is 5.41 Å². The van der Waals surface area contributed by atoms with E-state index in [9.17, 15) is 8.78 Å². The quantitative estimate of drug-likeness (QED) is 0.912. The zero-order valence-electron chi connectivity index (χ0n) is 11.3. The number of hydrogen-bond donors (Lipinski definition) is 1. The van der Waals surface area contributed by atoms with Crippen molar-refractivity contribution in [3.05, 3.63) is 48.0 Å². The summed E-state index contributed by atoms with van der Waals surface area (Å²) in [5.41, 5.74) is 0.567. The number of aromatic nitrogens is 3. The minimum atomic E-state index is -2.59. The Morgan fingerprint density at radius 1 is 1.25 bits per heavy atom. The maximum Gasteiger partial charge on any atom is 0.280 e. The summed E-state index contributed by atoms with van der Waals surface area (Å²) in [6, 6.07) is 5.05. The first-order valence-corrected chi connectivity index (χ1v) is 6.24. The van der Waals surface area contributed by atoms with Crippen LogP contribution in [0, 0.1) is 0 Å². The molecule has 2 heterocycles. The first kappa shape index (κ1) is 14.3. The van der Waals surface area contributed by atoms with Crippen molar-refractivity contribution in [2.75, 3.05) is 11.9 Å². The van der Waals surface area contributed by atoms with Crippen molar-refractivity contribution in [3.63, 3.8) is 0 Å². The van der Waals surface area contributed by atoms with Gasteiger partial charge in [-0.25, -0.2) is 18.7 Å². The van der Waals surface area contributed by atoms with Crippen LogP contribution in [0.2, 0.25) is 0 Å². The van der Waals surface area contributed by atoms with E-state index in [1.165, 1.54) is 12.3 Å². The summed E-state index contributed by atoms with van der Waals surface area (Å²) in [5.74, 6) is 0.208. The Balaban J connectivity index is 2.06. The molecule has 0 saturated carbocycles. The fourth-order valence-corrected chi connectivity index (χ4v) is 1.74. The van der Waals surface area contributed by atoms with E-state index in [2.05, 4.69) is 20.3 Å². The van der Waals surface area contributed by atoms with Gasteiger partial charge in [0.25, 0.3) is 6.43 Å². The van der Waals surface area contributed by atoms with Gasteiger partial charge in [0.15, 0.2) is 0 Å². The van der Waals surface area contributed by atoms with E-state index in [0.717, 1.165) is 5.56 Å². The molecule has 2 aromatic rings. The third kappa shape index (κ3) is 3.46. The number of nitrogens with zero attached hydrogens (tertiary/aromatic N) is 3. The second-order valence-corrected chi connectivity index (χ2v) is 5.08. The molecule has 0 aliphatic carbocycles. The van der Waals surface area contributed by atoms with Gasteiger partial charge >= 0.3 is 0 Å². The molecule has 2 rings (SSSR count). The zero-order chi connectivity index (χ0) is 14.6. The van der Waals surface area contributed by atoms with Crippen molar-refractivity contribution in [1.29, 1.82) is 0 Å². The molecule has 20 heavy (non-hydrogen) atoms. The molecule has 0 atom stereocenters. The van der Waals surface area contributed by atoms with Crippen LogP contribution in [0.3, 0.4) is 0 Å². The fourth-order valence-electron chi connectivity index (χ4n) is 1.74. The molecule has 4 nitrogen and oxygen atoms in total. The van der Waals surface area contributed by atoms with Crippen LogP contribution < -0.4 is 5.32 Å². The molecule has 106 valence electrons. The van der Waals surface area contributed by atoms with Crippen molar-refractivity contribution in [1.82, 2.24) is 15.0 Å². The average Bonchev–Trinajstić information content (AvgIpc) is 2.46. The predicted molar refractivity (Wildman–Crippen MR) is 72.7 cm³/mol. The van der Waals surface area contributed by atoms with Crippen LogP contribution in [0.5, 0.6) is 0 Å². The van der Waals surface area contributed by atoms with Gasteiger partial charge in [-0.3, -0.25) is 4.98 Å². The minimum Gasteiger partial charge on any atom is -0.353 e. The van der Waals surface area contributed by atoms with Gasteiger partial charge < -0.3 is 5.32 Å². The molecule has 0 bridgehead atoms. The predicted octanol–water partition coefficient (Wildman–Crippen LogP) is 3.20. The van der Waals surface area contributed by atoms with Gasteiger partial charge in [-0.15, -0.1) is 0 Å². The summed E-state index contributed by atoms with van der Waals surface area (Å²) < 4.78 is 25.1. The highest BCUT2D eigenvalue weighted by molar-refractivity contribution is 5.29. The summed E-state index contributed by atoms with van der Waals surface area (Å²) in [6.07, 6.45) is 2.23. The van der Waals surface area contributed by atoms with Crippen LogP contribution in [0.1, 0.15) is 31.5 Å². The lowest BCUT2D eigenvalue weighted by molar-refractivity contribution is 0.146. The number of rotatable bonds is 5. The summed E-state index contributed by atoms with van der Waals surface area (Å²) in [7, 11) is 0. The molecule has 1 N–H and O–H groups in total. The van der Waals surface area contributed by atoms with Crippen molar-refractivity contribution < 1.29 is 8.78 Å². The highest BCUT2D eigenvalue weighted by atomic mass is 19.3. The summed E-state index contributed by atoms with van der Waals surface area (Å²) in [5, 5.41) is 3.00. The Bertz CT molecular complexity index is 558. The van der Waals surface area contributed by atoms with Crippen LogP contribution in [0.4, 0.5) is 14.7 Å². The standard InChI is InChI=1S/C14H16F2N4/c1-14(2,10-4-3-6-17-8-10)9-19-13-18-7-5-11(20-13)12(15)16/h3-8,12H,9H2,1-2H3,(H,18,19,20). The molecule has 0 unspecified atom stereocenters. The molecule has 0 aliphatic rings. The summed E-state index contributed by atoms with van der Waals surface area (Å²) in [4.78, 5) is 11.8. The monoisotopic (exact) mass is 278 g/mol. The molecular weight excluding hydrogens is 262 g/mol. The lowest BCUT2D eigenvalue weighted by Gasteiger charge is -2.25. The van der Waals surface area contributed by atoms with Crippen LogP contribution in [-0.4, -0.2) is 21.5 Å². The molecule has 0 saturated heterocycles. The maximum absolute atomic E-state index is 12.6. The highest BCUT2D eigenvalue weighted by Gasteiger charge is 2.21. The van der Waals surface area contributed by atoms with Crippen LogP contribution in [0.25, 0.3) is 0 Å². The van der Waals surface area contributed by atoms with E-state index < -0.39 is 6.43 Å². The van der Waals surface area contributed by atoms with Gasteiger partial charge in [0, 0.05) is 30.6 Å². The van der Waals surface area contributed by atoms with E-state index >= 15 is 0 Å². The first-order chi connectivity index (χ1) is 9.49. The van der Waals surface area contributed by atoms with E-state index in [0.29, 0.717) is 6.54 Å². The van der Waals surface area contributed by atoms with Crippen molar-refractivity contribution in [3.8, 4) is 0 Å². The number of nitrogens with one attached hydrogen (secondary N) is 1. The molecule has 6 heteroatoms. The Hall–Kier alpha value is -2.11. The van der Waals surface area contributed by atoms with E-state index in [4.69, 9.17) is 0 Å². The first-order valence-electron chi connectivity index (χ1n) is 6.24. The number of halogens is 2. The van der Waals surface area contributed by atoms with Crippen molar-refractivity contribution in [2.45, 2.75) is 25.7 Å². The van der Waals surface area contributed by atoms with Crippen LogP contribution in [0.15, 0.2) is 36.8 Å². The van der Waals surface area contributed by atoms with E-state index in [1.54, 1.807) is 12.4 Å². The second kappa shape index (κ2) is 5.90. The Morgan fingerprint density at radius 2 is 2.05 bits per heavy atom. The average molecular weight is 278 g/mol. The minimum absolute atomic E-state index is 0.208. The molecule has 2 aromatic heterocycles. The zero-order valence-corrected chi connectivity index (χ0v) is 11.3. The Morgan fingerprint density at radius 3 is 2.70 bits per heavy atom. The molecular formula is C14H16F2N4. The number of hydrogen-bond acceptors (Lipinski definition) is 4. The number of pyridine rings is 1. The maximum atomic E-state index is 12.6. The van der Waals surface area contributed by atoms with Gasteiger partial charge in [-0.1, -0.05) is 19.9 Å². The topological polar surface area (TPSA) is 50.7 Å². The smallest absolute Gasteiger partial charge is 0.280 e. The van der Waals surface area contributed by atoms with Gasteiger partial charge in [0.05, 0.1) is 0 Å². The SMILES string of the molecule is CC(C)(CNc1nccc(C(F)F)n1)c1cccnc1. The highest BCUT2D eigenvalue weighted by Crippen LogP contribution is 2.22. The molecule has 0 aliphatic heterocycles. The lowest BCUT2D eigenvalue weighted by Crippen LogP contribution is -2.28. The molecule has 0 spiro atoms. The van der Waals surface area contributed by atoms with Gasteiger partial charge in [-0.2, -0.15) is 0 Å². The van der Waals surface area contributed by atoms with E-state index in [1.807, 2.05) is 26.0 Å². The largest absolute Gasteiger partial charge is 0.353 e. The van der Waals surface area contributed by atoms with Gasteiger partial charge in [0.2, 0.25) is 5.95 Å². The Kier molecular flexibility index (Phi) is 4.22. The number of alkyl halides is 2. The third-order valence-corrected chi connectivity index (χ3v) is 3.03.